The van der Waals surface area contributed by atoms with Gasteiger partial charge >= 0.3 is 6.18 Å². The van der Waals surface area contributed by atoms with Crippen LogP contribution in [0.1, 0.15) is 25.1 Å². The molecule has 31 heavy (non-hydrogen) atoms. The number of imidazole rings is 1. The molecule has 3 heterocycles. The molecule has 3 aromatic rings. The van der Waals surface area contributed by atoms with E-state index in [-0.39, 0.29) is 24.7 Å². The largest absolute Gasteiger partial charge is 0.390 e. The minimum Gasteiger partial charge on any atom is -0.334 e. The van der Waals surface area contributed by atoms with Crippen LogP contribution in [0.15, 0.2) is 36.9 Å². The number of piperidine rings is 1. The molecule has 0 aliphatic carbocycles. The third-order valence-corrected chi connectivity index (χ3v) is 5.83. The summed E-state index contributed by atoms with van der Waals surface area (Å²) in [4.78, 5) is 27.6. The summed E-state index contributed by atoms with van der Waals surface area (Å²) in [5.41, 5.74) is 2.71. The van der Waals surface area contributed by atoms with E-state index in [9.17, 15) is 18.0 Å². The first-order valence-corrected chi connectivity index (χ1v) is 10.3. The number of likely N-dealkylation sites (tertiary alicyclic amines) is 1. The molecule has 0 atom stereocenters. The van der Waals surface area contributed by atoms with Gasteiger partial charge in [-0.1, -0.05) is 12.1 Å². The van der Waals surface area contributed by atoms with E-state index in [2.05, 4.69) is 15.0 Å². The molecule has 0 bridgehead atoms. The van der Waals surface area contributed by atoms with Gasteiger partial charge < -0.3 is 9.47 Å². The van der Waals surface area contributed by atoms with Crippen molar-refractivity contribution in [2.75, 3.05) is 19.6 Å². The van der Waals surface area contributed by atoms with E-state index in [4.69, 9.17) is 0 Å². The number of aromatic nitrogens is 4. The van der Waals surface area contributed by atoms with E-state index < -0.39 is 12.6 Å². The molecule has 1 aliphatic rings. The van der Waals surface area contributed by atoms with Crippen molar-refractivity contribution in [3.05, 3.63) is 42.7 Å². The summed E-state index contributed by atoms with van der Waals surface area (Å²) in [5.74, 6) is 0.374. The summed E-state index contributed by atoms with van der Waals surface area (Å²) in [7, 11) is 1.92. The molecule has 0 unspecified atom stereocenters. The lowest BCUT2D eigenvalue weighted by molar-refractivity contribution is -0.139. The Kier molecular flexibility index (Phi) is 6.04. The Morgan fingerprint density at radius 1 is 1.19 bits per heavy atom. The minimum atomic E-state index is -4.14. The van der Waals surface area contributed by atoms with Crippen LogP contribution in [0, 0.1) is 5.92 Å². The van der Waals surface area contributed by atoms with Crippen LogP contribution in [0.2, 0.25) is 0 Å². The fraction of sp³-hybridized carbons (Fsp3) is 0.455. The van der Waals surface area contributed by atoms with Gasteiger partial charge in [-0.3, -0.25) is 4.79 Å². The number of ketones is 1. The second-order valence-corrected chi connectivity index (χ2v) is 8.07. The first-order valence-electron chi connectivity index (χ1n) is 10.3. The van der Waals surface area contributed by atoms with Crippen LogP contribution in [0.4, 0.5) is 13.2 Å². The Balaban J connectivity index is 1.39. The summed E-state index contributed by atoms with van der Waals surface area (Å²) in [5, 5.41) is 0.889. The maximum Gasteiger partial charge on any atom is 0.390 e. The molecule has 0 N–H and O–H groups in total. The number of aryl methyl sites for hydroxylation is 1. The van der Waals surface area contributed by atoms with Crippen LogP contribution in [-0.2, 0) is 18.3 Å². The number of hydrogen-bond acceptors (Lipinski definition) is 5. The molecule has 6 nitrogen and oxygen atoms in total. The molecular weight excluding hydrogens is 407 g/mol. The SMILES string of the molecule is Cn1cncc1-c1ccc2cnc(CC(=O)C3CCN(CCC(F)(F)F)CC3)nc2c1. The molecule has 1 saturated heterocycles. The topological polar surface area (TPSA) is 63.9 Å². The van der Waals surface area contributed by atoms with Gasteiger partial charge in [-0.15, -0.1) is 0 Å². The second kappa shape index (κ2) is 8.74. The van der Waals surface area contributed by atoms with Gasteiger partial charge in [0.15, 0.2) is 0 Å². The van der Waals surface area contributed by atoms with Crippen molar-refractivity contribution in [1.29, 1.82) is 0 Å². The Bertz CT molecular complexity index is 1070. The van der Waals surface area contributed by atoms with Crippen LogP contribution < -0.4 is 0 Å². The number of fused-ring (bicyclic) bond motifs is 1. The highest BCUT2D eigenvalue weighted by Gasteiger charge is 2.30. The zero-order chi connectivity index (χ0) is 22.0. The predicted octanol–water partition coefficient (Wildman–Crippen LogP) is 3.81. The molecule has 2 aromatic heterocycles. The van der Waals surface area contributed by atoms with E-state index in [1.54, 1.807) is 23.6 Å². The highest BCUT2D eigenvalue weighted by molar-refractivity contribution is 5.85. The minimum absolute atomic E-state index is 0.00279. The number of nitrogens with zero attached hydrogens (tertiary/aromatic N) is 5. The molecule has 0 saturated carbocycles. The highest BCUT2D eigenvalue weighted by Crippen LogP contribution is 2.25. The van der Waals surface area contributed by atoms with Gasteiger partial charge in [-0.05, 0) is 32.0 Å². The number of alkyl halides is 3. The highest BCUT2D eigenvalue weighted by atomic mass is 19.4. The number of carbonyl (C=O) groups excluding carboxylic acids is 1. The van der Waals surface area contributed by atoms with Crippen LogP contribution in [0.5, 0.6) is 0 Å². The fourth-order valence-electron chi connectivity index (χ4n) is 4.01. The average Bonchev–Trinajstić information content (AvgIpc) is 3.17. The Morgan fingerprint density at radius 3 is 2.65 bits per heavy atom. The van der Waals surface area contributed by atoms with Crippen molar-refractivity contribution in [1.82, 2.24) is 24.4 Å². The van der Waals surface area contributed by atoms with Gasteiger partial charge in [0.05, 0.1) is 36.6 Å². The summed E-state index contributed by atoms with van der Waals surface area (Å²) in [6.45, 7) is 1.02. The van der Waals surface area contributed by atoms with E-state index >= 15 is 0 Å². The van der Waals surface area contributed by atoms with Crippen molar-refractivity contribution in [3.63, 3.8) is 0 Å². The van der Waals surface area contributed by atoms with Gasteiger partial charge in [-0.2, -0.15) is 13.2 Å². The normalized spacial score (nSPS) is 16.1. The van der Waals surface area contributed by atoms with Crippen molar-refractivity contribution >= 4 is 16.7 Å². The van der Waals surface area contributed by atoms with Gasteiger partial charge in [0.2, 0.25) is 0 Å². The molecular formula is C22H24F3N5O. The fourth-order valence-corrected chi connectivity index (χ4v) is 4.01. The van der Waals surface area contributed by atoms with Gasteiger partial charge in [0.25, 0.3) is 0 Å². The first kappa shape index (κ1) is 21.4. The first-order chi connectivity index (χ1) is 14.8. The summed E-state index contributed by atoms with van der Waals surface area (Å²) in [6, 6.07) is 5.89. The predicted molar refractivity (Wildman–Crippen MR) is 110 cm³/mol. The van der Waals surface area contributed by atoms with Gasteiger partial charge in [0, 0.05) is 36.7 Å². The summed E-state index contributed by atoms with van der Waals surface area (Å²) >= 11 is 0. The Hall–Kier alpha value is -2.81. The van der Waals surface area contributed by atoms with E-state index in [0.29, 0.717) is 31.8 Å². The van der Waals surface area contributed by atoms with E-state index in [1.807, 2.05) is 29.8 Å². The lowest BCUT2D eigenvalue weighted by Crippen LogP contribution is -2.38. The maximum absolute atomic E-state index is 12.7. The molecule has 0 radical (unpaired) electrons. The third kappa shape index (κ3) is 5.28. The summed E-state index contributed by atoms with van der Waals surface area (Å²) < 4.78 is 39.1. The van der Waals surface area contributed by atoms with E-state index in [0.717, 1.165) is 22.2 Å². The molecule has 1 aromatic carbocycles. The number of carbonyl (C=O) groups is 1. The van der Waals surface area contributed by atoms with Gasteiger partial charge in [0.1, 0.15) is 11.6 Å². The number of Topliss-reactive ketones (excluding diaryl/α,β-unsaturated/α-hetero) is 1. The van der Waals surface area contributed by atoms with Crippen molar-refractivity contribution < 1.29 is 18.0 Å². The maximum atomic E-state index is 12.7. The lowest BCUT2D eigenvalue weighted by Gasteiger charge is -2.31. The number of halogens is 3. The van der Waals surface area contributed by atoms with Crippen LogP contribution in [0.25, 0.3) is 22.2 Å². The summed E-state index contributed by atoms with van der Waals surface area (Å²) in [6.07, 6.45) is 1.58. The second-order valence-electron chi connectivity index (χ2n) is 8.07. The van der Waals surface area contributed by atoms with Crippen molar-refractivity contribution in [2.45, 2.75) is 31.9 Å². The third-order valence-electron chi connectivity index (χ3n) is 5.83. The lowest BCUT2D eigenvalue weighted by atomic mass is 9.90. The van der Waals surface area contributed by atoms with Gasteiger partial charge in [-0.25, -0.2) is 15.0 Å². The average molecular weight is 431 g/mol. The van der Waals surface area contributed by atoms with Crippen molar-refractivity contribution in [2.24, 2.45) is 13.0 Å². The molecule has 1 fully saturated rings. The molecule has 4 rings (SSSR count). The zero-order valence-corrected chi connectivity index (χ0v) is 17.3. The molecule has 164 valence electrons. The quantitative estimate of drug-likeness (QED) is 0.594. The Morgan fingerprint density at radius 2 is 1.97 bits per heavy atom. The smallest absolute Gasteiger partial charge is 0.334 e. The number of benzene rings is 1. The molecule has 1 aliphatic heterocycles. The monoisotopic (exact) mass is 431 g/mol. The van der Waals surface area contributed by atoms with Crippen molar-refractivity contribution in [3.8, 4) is 11.3 Å². The van der Waals surface area contributed by atoms with Crippen LogP contribution in [0.3, 0.4) is 0 Å². The standard InChI is InChI=1S/C22H24F3N5O/c1-29-14-26-13-19(29)16-2-3-17-12-27-21(28-18(17)10-16)11-20(31)15-4-7-30(8-5-15)9-6-22(23,24)25/h2-3,10,12-15H,4-9,11H2,1H3. The molecule has 0 spiro atoms. The zero-order valence-electron chi connectivity index (χ0n) is 17.3. The molecule has 0 amide bonds. The molecule has 9 heteroatoms. The van der Waals surface area contributed by atoms with Crippen LogP contribution in [-0.4, -0.2) is 56.0 Å². The Labute approximate surface area is 178 Å². The van der Waals surface area contributed by atoms with Crippen LogP contribution >= 0.6 is 0 Å². The number of rotatable bonds is 6. The number of hydrogen-bond donors (Lipinski definition) is 0. The van der Waals surface area contributed by atoms with E-state index in [1.165, 1.54) is 0 Å².